The van der Waals surface area contributed by atoms with Crippen LogP contribution in [0.15, 0.2) is 47.3 Å². The molecule has 0 saturated carbocycles. The van der Waals surface area contributed by atoms with E-state index in [1.807, 2.05) is 48.2 Å². The number of methoxy groups -OCH3 is 1. The maximum Gasteiger partial charge on any atom is 0.253 e. The molecule has 6 nitrogen and oxygen atoms in total. The van der Waals surface area contributed by atoms with Crippen LogP contribution >= 0.6 is 12.2 Å². The molecule has 0 bridgehead atoms. The van der Waals surface area contributed by atoms with Gasteiger partial charge in [0.25, 0.3) is 5.56 Å². The van der Waals surface area contributed by atoms with Gasteiger partial charge in [0.2, 0.25) is 0 Å². The van der Waals surface area contributed by atoms with Gasteiger partial charge in [-0.3, -0.25) is 4.79 Å². The van der Waals surface area contributed by atoms with Crippen LogP contribution in [0.2, 0.25) is 0 Å². The number of fused-ring (bicyclic) bond motifs is 1. The molecule has 1 aromatic heterocycles. The van der Waals surface area contributed by atoms with Gasteiger partial charge >= 0.3 is 0 Å². The molecule has 0 aliphatic carbocycles. The average molecular weight is 452 g/mol. The molecule has 2 N–H and O–H groups in total. The second kappa shape index (κ2) is 9.71. The number of aromatic nitrogens is 1. The molecule has 2 heterocycles. The van der Waals surface area contributed by atoms with Crippen LogP contribution in [0.5, 0.6) is 5.75 Å². The van der Waals surface area contributed by atoms with E-state index in [2.05, 4.69) is 23.3 Å². The van der Waals surface area contributed by atoms with Crippen molar-refractivity contribution in [2.45, 2.75) is 39.3 Å². The van der Waals surface area contributed by atoms with E-state index < -0.39 is 0 Å². The predicted octanol–water partition coefficient (Wildman–Crippen LogP) is 4.53. The molecule has 1 saturated heterocycles. The second-order valence-electron chi connectivity index (χ2n) is 8.34. The van der Waals surface area contributed by atoms with Gasteiger partial charge in [-0.05, 0) is 86.4 Å². The van der Waals surface area contributed by atoms with Gasteiger partial charge in [-0.2, -0.15) is 0 Å². The van der Waals surface area contributed by atoms with Crippen molar-refractivity contribution in [3.05, 3.63) is 69.5 Å². The minimum atomic E-state index is -0.0907. The summed E-state index contributed by atoms with van der Waals surface area (Å²) in [5.74, 6) is 0.783. The van der Waals surface area contributed by atoms with E-state index in [0.717, 1.165) is 52.9 Å². The Balaban J connectivity index is 1.60. The number of hydrogen-bond acceptors (Lipinski definition) is 4. The van der Waals surface area contributed by atoms with E-state index in [1.165, 1.54) is 0 Å². The Morgan fingerprint density at radius 1 is 1.25 bits per heavy atom. The molecule has 2 aromatic carbocycles. The normalized spacial score (nSPS) is 15.7. The van der Waals surface area contributed by atoms with Crippen molar-refractivity contribution in [3.63, 3.8) is 0 Å². The molecule has 0 radical (unpaired) electrons. The predicted molar refractivity (Wildman–Crippen MR) is 133 cm³/mol. The van der Waals surface area contributed by atoms with Gasteiger partial charge < -0.3 is 24.7 Å². The van der Waals surface area contributed by atoms with Crippen LogP contribution in [-0.2, 0) is 11.3 Å². The Kier molecular flexibility index (Phi) is 6.77. The zero-order chi connectivity index (χ0) is 22.7. The second-order valence-corrected chi connectivity index (χ2v) is 8.73. The molecule has 4 rings (SSSR count). The third kappa shape index (κ3) is 5.11. The lowest BCUT2D eigenvalue weighted by atomic mass is 10.0. The van der Waals surface area contributed by atoms with Crippen LogP contribution in [0.3, 0.4) is 0 Å². The monoisotopic (exact) mass is 451 g/mol. The largest absolute Gasteiger partial charge is 0.497 e. The number of thiocarbonyl (C=S) groups is 1. The Labute approximate surface area is 193 Å². The molecule has 7 heteroatoms. The minimum absolute atomic E-state index is 0.0907. The van der Waals surface area contributed by atoms with Crippen LogP contribution in [0.4, 0.5) is 5.69 Å². The minimum Gasteiger partial charge on any atom is -0.497 e. The van der Waals surface area contributed by atoms with Gasteiger partial charge in [0.05, 0.1) is 19.8 Å². The van der Waals surface area contributed by atoms with Crippen molar-refractivity contribution in [2.75, 3.05) is 25.6 Å². The Morgan fingerprint density at radius 3 is 2.72 bits per heavy atom. The number of aromatic amines is 1. The first-order chi connectivity index (χ1) is 15.4. The van der Waals surface area contributed by atoms with Crippen LogP contribution in [0, 0.1) is 13.8 Å². The number of pyridine rings is 1. The highest BCUT2D eigenvalue weighted by Gasteiger charge is 2.22. The van der Waals surface area contributed by atoms with Gasteiger partial charge in [0.15, 0.2) is 5.11 Å². The van der Waals surface area contributed by atoms with Crippen molar-refractivity contribution < 1.29 is 9.47 Å². The fourth-order valence-electron chi connectivity index (χ4n) is 4.17. The van der Waals surface area contributed by atoms with E-state index >= 15 is 0 Å². The fourth-order valence-corrected chi connectivity index (χ4v) is 4.43. The highest BCUT2D eigenvalue weighted by atomic mass is 32.1. The van der Waals surface area contributed by atoms with Crippen molar-refractivity contribution >= 4 is 33.9 Å². The summed E-state index contributed by atoms with van der Waals surface area (Å²) in [6.45, 7) is 5.90. The number of benzene rings is 2. The molecular formula is C25H29N3O3S. The third-order valence-electron chi connectivity index (χ3n) is 5.83. The first kappa shape index (κ1) is 22.3. The van der Waals surface area contributed by atoms with Crippen molar-refractivity contribution in [3.8, 4) is 5.75 Å². The highest BCUT2D eigenvalue weighted by Crippen LogP contribution is 2.21. The summed E-state index contributed by atoms with van der Waals surface area (Å²) in [6, 6.07) is 13.7. The Bertz CT molecular complexity index is 1170. The topological polar surface area (TPSA) is 66.6 Å². The van der Waals surface area contributed by atoms with E-state index in [0.29, 0.717) is 23.8 Å². The summed E-state index contributed by atoms with van der Waals surface area (Å²) in [5, 5.41) is 4.91. The van der Waals surface area contributed by atoms with Gasteiger partial charge in [-0.15, -0.1) is 0 Å². The highest BCUT2D eigenvalue weighted by molar-refractivity contribution is 7.80. The number of ether oxygens (including phenoxy) is 2. The fraction of sp³-hybridized carbons (Fsp3) is 0.360. The van der Waals surface area contributed by atoms with Gasteiger partial charge in [-0.25, -0.2) is 0 Å². The van der Waals surface area contributed by atoms with Crippen LogP contribution in [0.25, 0.3) is 10.9 Å². The molecular weight excluding hydrogens is 422 g/mol. The van der Waals surface area contributed by atoms with Crippen LogP contribution in [-0.4, -0.2) is 41.4 Å². The first-order valence-corrected chi connectivity index (χ1v) is 11.3. The maximum absolute atomic E-state index is 12.9. The van der Waals surface area contributed by atoms with Crippen molar-refractivity contribution in [2.24, 2.45) is 0 Å². The summed E-state index contributed by atoms with van der Waals surface area (Å²) >= 11 is 5.75. The summed E-state index contributed by atoms with van der Waals surface area (Å²) in [7, 11) is 1.64. The Morgan fingerprint density at radius 2 is 2.03 bits per heavy atom. The van der Waals surface area contributed by atoms with Crippen molar-refractivity contribution in [1.82, 2.24) is 9.88 Å². The standard InChI is InChI=1S/C25H29N3O3S/c1-16-11-17(2)22-13-18(24(29)27-23(22)12-16)14-28(15-21-5-4-10-31-21)25(32)26-19-6-8-20(30-3)9-7-19/h6-9,11-13,21H,4-5,10,14-15H2,1-3H3,(H,26,32)(H,27,29). The number of nitrogens with zero attached hydrogens (tertiary/aromatic N) is 1. The maximum atomic E-state index is 12.9. The number of aryl methyl sites for hydroxylation is 2. The number of H-pyrrole nitrogens is 1. The number of rotatable bonds is 6. The van der Waals surface area contributed by atoms with E-state index in [1.54, 1.807) is 7.11 Å². The molecule has 1 atom stereocenters. The summed E-state index contributed by atoms with van der Waals surface area (Å²) in [5.41, 5.74) is 4.59. The lowest BCUT2D eigenvalue weighted by Crippen LogP contribution is -2.40. The molecule has 1 unspecified atom stereocenters. The summed E-state index contributed by atoms with van der Waals surface area (Å²) in [6.07, 6.45) is 2.15. The van der Waals surface area contributed by atoms with Crippen LogP contribution < -0.4 is 15.6 Å². The Hall–Kier alpha value is -2.90. The molecule has 168 valence electrons. The average Bonchev–Trinajstić information content (AvgIpc) is 3.27. The molecule has 1 aliphatic heterocycles. The lowest BCUT2D eigenvalue weighted by molar-refractivity contribution is 0.0904. The molecule has 3 aromatic rings. The SMILES string of the molecule is COc1ccc(NC(=S)N(Cc2cc3c(C)cc(C)cc3[nH]c2=O)CC2CCCO2)cc1. The molecule has 1 aliphatic rings. The zero-order valence-electron chi connectivity index (χ0n) is 18.7. The van der Waals surface area contributed by atoms with Gasteiger partial charge in [0, 0.05) is 35.3 Å². The van der Waals surface area contributed by atoms with Crippen LogP contribution in [0.1, 0.15) is 29.5 Å². The summed E-state index contributed by atoms with van der Waals surface area (Å²) in [4.78, 5) is 18.0. The molecule has 1 fully saturated rings. The summed E-state index contributed by atoms with van der Waals surface area (Å²) < 4.78 is 11.1. The van der Waals surface area contributed by atoms with Gasteiger partial charge in [-0.1, -0.05) is 6.07 Å². The first-order valence-electron chi connectivity index (χ1n) is 10.9. The number of hydrogen-bond donors (Lipinski definition) is 2. The quantitative estimate of drug-likeness (QED) is 0.537. The third-order valence-corrected chi connectivity index (χ3v) is 6.19. The number of nitrogens with one attached hydrogen (secondary N) is 2. The smallest absolute Gasteiger partial charge is 0.253 e. The number of anilines is 1. The molecule has 32 heavy (non-hydrogen) atoms. The van der Waals surface area contributed by atoms with E-state index in [9.17, 15) is 4.79 Å². The van der Waals surface area contributed by atoms with E-state index in [4.69, 9.17) is 21.7 Å². The van der Waals surface area contributed by atoms with Gasteiger partial charge in [0.1, 0.15) is 5.75 Å². The zero-order valence-corrected chi connectivity index (χ0v) is 19.6. The molecule has 0 amide bonds. The van der Waals surface area contributed by atoms with E-state index in [-0.39, 0.29) is 11.7 Å². The molecule has 0 spiro atoms. The van der Waals surface area contributed by atoms with Crippen molar-refractivity contribution in [1.29, 1.82) is 0 Å². The lowest BCUT2D eigenvalue weighted by Gasteiger charge is -2.28.